The minimum atomic E-state index is 0.0871. The quantitative estimate of drug-likeness (QED) is 0.647. The summed E-state index contributed by atoms with van der Waals surface area (Å²) in [4.78, 5) is 23.1. The van der Waals surface area contributed by atoms with Crippen LogP contribution in [0.1, 0.15) is 24.0 Å². The van der Waals surface area contributed by atoms with Crippen LogP contribution in [0.2, 0.25) is 5.15 Å². The Morgan fingerprint density at radius 1 is 1.22 bits per heavy atom. The number of hydrogen-bond donors (Lipinski definition) is 0. The van der Waals surface area contributed by atoms with Crippen molar-refractivity contribution in [3.8, 4) is 11.4 Å². The van der Waals surface area contributed by atoms with Gasteiger partial charge in [-0.3, -0.25) is 9.69 Å². The summed E-state index contributed by atoms with van der Waals surface area (Å²) in [6.07, 6.45) is 3.61. The molecule has 2 bridgehead atoms. The molecule has 8 heteroatoms. The zero-order valence-corrected chi connectivity index (χ0v) is 15.3. The van der Waals surface area contributed by atoms with Crippen LogP contribution in [0.15, 0.2) is 45.8 Å². The Morgan fingerprint density at radius 2 is 2.15 bits per heavy atom. The first-order valence-electron chi connectivity index (χ1n) is 9.03. The number of pyridine rings is 2. The van der Waals surface area contributed by atoms with Gasteiger partial charge in [-0.05, 0) is 37.0 Å². The molecule has 138 valence electrons. The first-order valence-corrected chi connectivity index (χ1v) is 9.41. The third-order valence-electron chi connectivity index (χ3n) is 5.35. The van der Waals surface area contributed by atoms with Crippen molar-refractivity contribution in [3.63, 3.8) is 0 Å². The van der Waals surface area contributed by atoms with Crippen LogP contribution in [0, 0.1) is 5.92 Å². The highest BCUT2D eigenvalue weighted by Crippen LogP contribution is 2.33. The molecule has 0 amide bonds. The Balaban J connectivity index is 1.36. The molecule has 0 aliphatic carbocycles. The first kappa shape index (κ1) is 16.6. The molecule has 2 aliphatic rings. The molecule has 0 saturated carbocycles. The lowest BCUT2D eigenvalue weighted by Crippen LogP contribution is -2.48. The van der Waals surface area contributed by atoms with Crippen LogP contribution in [0.25, 0.3) is 11.4 Å². The summed E-state index contributed by atoms with van der Waals surface area (Å²) in [6, 6.07) is 9.38. The Morgan fingerprint density at radius 3 is 3.04 bits per heavy atom. The van der Waals surface area contributed by atoms with Gasteiger partial charge in [0.2, 0.25) is 11.7 Å². The van der Waals surface area contributed by atoms with Crippen molar-refractivity contribution < 1.29 is 4.52 Å². The van der Waals surface area contributed by atoms with Gasteiger partial charge in [0, 0.05) is 37.1 Å². The molecule has 1 fully saturated rings. The highest BCUT2D eigenvalue weighted by Gasteiger charge is 2.34. The van der Waals surface area contributed by atoms with Gasteiger partial charge in [0.15, 0.2) is 0 Å². The summed E-state index contributed by atoms with van der Waals surface area (Å²) in [7, 11) is 0. The summed E-state index contributed by atoms with van der Waals surface area (Å²) in [6.45, 7) is 2.33. The largest absolute Gasteiger partial charge is 0.338 e. The van der Waals surface area contributed by atoms with Crippen LogP contribution in [-0.2, 0) is 13.0 Å². The molecule has 0 N–H and O–H groups in total. The number of piperidine rings is 1. The van der Waals surface area contributed by atoms with Crippen LogP contribution in [0.3, 0.4) is 0 Å². The van der Waals surface area contributed by atoms with Crippen molar-refractivity contribution in [3.05, 3.63) is 63.6 Å². The van der Waals surface area contributed by atoms with Gasteiger partial charge >= 0.3 is 0 Å². The molecule has 5 rings (SSSR count). The third kappa shape index (κ3) is 3.07. The highest BCUT2D eigenvalue weighted by atomic mass is 35.5. The van der Waals surface area contributed by atoms with E-state index in [1.165, 1.54) is 0 Å². The lowest BCUT2D eigenvalue weighted by atomic mass is 9.86. The van der Waals surface area contributed by atoms with Crippen molar-refractivity contribution in [2.24, 2.45) is 5.92 Å². The molecule has 5 heterocycles. The SMILES string of the molecule is O=c1cccc2n1[C@H]1C[C@@H](C2)CN(Cc2nc(-c3cccnc3Cl)no2)C1. The van der Waals surface area contributed by atoms with E-state index in [0.717, 1.165) is 31.6 Å². The van der Waals surface area contributed by atoms with E-state index in [2.05, 4.69) is 26.1 Å². The molecular formula is C19H18ClN5O2. The van der Waals surface area contributed by atoms with Crippen LogP contribution in [0.5, 0.6) is 0 Å². The maximum atomic E-state index is 12.3. The van der Waals surface area contributed by atoms with Crippen molar-refractivity contribution in [1.82, 2.24) is 24.6 Å². The standard InChI is InChI=1S/C19H18ClN5O2/c20-18-15(4-2-6-21-18)19-22-16(27-23-19)11-24-9-12-7-13-3-1-5-17(26)25(13)14(8-12)10-24/h1-6,12,14H,7-11H2/t12-,14+/m1/s1. The predicted octanol–water partition coefficient (Wildman–Crippen LogP) is 2.57. The topological polar surface area (TPSA) is 77.1 Å². The fourth-order valence-electron chi connectivity index (χ4n) is 4.33. The molecule has 27 heavy (non-hydrogen) atoms. The van der Waals surface area contributed by atoms with Crippen LogP contribution in [-0.4, -0.2) is 37.7 Å². The van der Waals surface area contributed by atoms with Gasteiger partial charge in [0.1, 0.15) is 5.15 Å². The van der Waals surface area contributed by atoms with E-state index in [1.54, 1.807) is 18.3 Å². The molecular weight excluding hydrogens is 366 g/mol. The van der Waals surface area contributed by atoms with E-state index in [9.17, 15) is 4.79 Å². The first-order chi connectivity index (χ1) is 13.2. The number of aromatic nitrogens is 4. The van der Waals surface area contributed by atoms with Crippen molar-refractivity contribution >= 4 is 11.6 Å². The zero-order valence-electron chi connectivity index (χ0n) is 14.6. The van der Waals surface area contributed by atoms with Gasteiger partial charge in [0.05, 0.1) is 12.1 Å². The van der Waals surface area contributed by atoms with Gasteiger partial charge in [-0.1, -0.05) is 22.8 Å². The second-order valence-electron chi connectivity index (χ2n) is 7.23. The molecule has 1 saturated heterocycles. The average molecular weight is 384 g/mol. The molecule has 2 aliphatic heterocycles. The van der Waals surface area contributed by atoms with E-state index in [4.69, 9.17) is 16.1 Å². The lowest BCUT2D eigenvalue weighted by Gasteiger charge is -2.42. The van der Waals surface area contributed by atoms with E-state index in [1.807, 2.05) is 16.7 Å². The van der Waals surface area contributed by atoms with Gasteiger partial charge < -0.3 is 9.09 Å². The normalized spacial score (nSPS) is 21.8. The predicted molar refractivity (Wildman–Crippen MR) is 99.4 cm³/mol. The fourth-order valence-corrected chi connectivity index (χ4v) is 4.53. The molecule has 3 aromatic heterocycles. The van der Waals surface area contributed by atoms with Gasteiger partial charge in [0.25, 0.3) is 5.56 Å². The van der Waals surface area contributed by atoms with Gasteiger partial charge in [-0.2, -0.15) is 4.98 Å². The number of rotatable bonds is 3. The monoisotopic (exact) mass is 383 g/mol. The molecule has 0 unspecified atom stereocenters. The van der Waals surface area contributed by atoms with Gasteiger partial charge in [-0.15, -0.1) is 0 Å². The number of hydrogen-bond acceptors (Lipinski definition) is 6. The number of halogens is 1. The molecule has 0 spiro atoms. The van der Waals surface area contributed by atoms with Crippen molar-refractivity contribution in [2.45, 2.75) is 25.4 Å². The molecule has 0 radical (unpaired) electrons. The molecule has 2 atom stereocenters. The van der Waals surface area contributed by atoms with E-state index in [-0.39, 0.29) is 11.6 Å². The minimum Gasteiger partial charge on any atom is -0.338 e. The van der Waals surface area contributed by atoms with Gasteiger partial charge in [-0.25, -0.2) is 4.98 Å². The number of nitrogens with zero attached hydrogens (tertiary/aromatic N) is 5. The number of likely N-dealkylation sites (tertiary alicyclic amines) is 1. The van der Waals surface area contributed by atoms with E-state index >= 15 is 0 Å². The second kappa shape index (κ2) is 6.58. The fraction of sp³-hybridized carbons (Fsp3) is 0.368. The third-order valence-corrected chi connectivity index (χ3v) is 5.66. The lowest BCUT2D eigenvalue weighted by molar-refractivity contribution is 0.0902. The smallest absolute Gasteiger partial charge is 0.251 e. The Hall–Kier alpha value is -2.51. The average Bonchev–Trinajstić information content (AvgIpc) is 3.10. The Labute approximate surface area is 160 Å². The molecule has 3 aromatic rings. The maximum absolute atomic E-state index is 12.3. The summed E-state index contributed by atoms with van der Waals surface area (Å²) in [5.74, 6) is 1.54. The van der Waals surface area contributed by atoms with Crippen molar-refractivity contribution in [1.29, 1.82) is 0 Å². The highest BCUT2D eigenvalue weighted by molar-refractivity contribution is 6.31. The van der Waals surface area contributed by atoms with E-state index < -0.39 is 0 Å². The summed E-state index contributed by atoms with van der Waals surface area (Å²) in [5.41, 5.74) is 1.89. The van der Waals surface area contributed by atoms with Crippen LogP contribution < -0.4 is 5.56 Å². The Bertz CT molecular complexity index is 1050. The van der Waals surface area contributed by atoms with Crippen LogP contribution >= 0.6 is 11.6 Å². The Kier molecular flexibility index (Phi) is 4.06. The zero-order chi connectivity index (χ0) is 18.4. The van der Waals surface area contributed by atoms with Crippen molar-refractivity contribution in [2.75, 3.05) is 13.1 Å². The maximum Gasteiger partial charge on any atom is 0.251 e. The van der Waals surface area contributed by atoms with E-state index in [0.29, 0.717) is 34.9 Å². The summed E-state index contributed by atoms with van der Waals surface area (Å²) < 4.78 is 7.39. The second-order valence-corrected chi connectivity index (χ2v) is 7.59. The molecule has 7 nitrogen and oxygen atoms in total. The van der Waals surface area contributed by atoms with Crippen LogP contribution in [0.4, 0.5) is 0 Å². The molecule has 0 aromatic carbocycles. The summed E-state index contributed by atoms with van der Waals surface area (Å²) >= 11 is 6.11. The minimum absolute atomic E-state index is 0.0871. The number of fused-ring (bicyclic) bond motifs is 4. The summed E-state index contributed by atoms with van der Waals surface area (Å²) in [5, 5.41) is 4.40.